The van der Waals surface area contributed by atoms with Crippen LogP contribution in [0.4, 0.5) is 0 Å². The highest BCUT2D eigenvalue weighted by molar-refractivity contribution is 5.76. The number of nitro groups is 4. The summed E-state index contributed by atoms with van der Waals surface area (Å²) < 4.78 is 8.50. The number of rotatable bonds is 19. The second-order valence-electron chi connectivity index (χ2n) is 9.58. The molecule has 0 heterocycles. The van der Waals surface area contributed by atoms with E-state index in [2.05, 4.69) is 44.1 Å². The van der Waals surface area contributed by atoms with Gasteiger partial charge in [0.25, 0.3) is 0 Å². The predicted molar refractivity (Wildman–Crippen MR) is 269 cm³/mol. The van der Waals surface area contributed by atoms with Gasteiger partial charge in [-0.05, 0) is 19.3 Å². The number of hydrogen-bond acceptors (Lipinski definition) is 11. The molecule has 0 saturated heterocycles. The Morgan fingerprint density at radius 1 is 0.317 bits per heavy atom. The van der Waals surface area contributed by atoms with E-state index in [0.29, 0.717) is 6.42 Å². The van der Waals surface area contributed by atoms with Gasteiger partial charge in [-0.1, -0.05) is 169 Å². The fourth-order valence-electron chi connectivity index (χ4n) is 2.54. The molecule has 0 aliphatic rings. The molecule has 0 rings (SSSR count). The van der Waals surface area contributed by atoms with E-state index in [1.807, 2.05) is 69.2 Å². The lowest BCUT2D eigenvalue weighted by Gasteiger charge is -1.91. The fraction of sp³-hybridized carbons (Fsp3) is 1.00. The van der Waals surface area contributed by atoms with Gasteiger partial charge in [0.1, 0.15) is 0 Å². The molecule has 366 valence electrons. The Bertz CT molecular complexity index is 517. The molecule has 12 radical (unpaired) electrons. The van der Waals surface area contributed by atoms with Gasteiger partial charge in [-0.25, -0.2) is 0 Å². The quantitative estimate of drug-likeness (QED) is 0.0558. The molecule has 15 nitrogen and oxygen atoms in total. The van der Waals surface area contributed by atoms with Crippen LogP contribution in [0.15, 0.2) is 0 Å². The molecule has 0 amide bonds. The van der Waals surface area contributed by atoms with Gasteiger partial charge >= 0.3 is 0 Å². The monoisotopic (exact) mass is 873 g/mol. The molecular formula is C41H104B4N4O11. The van der Waals surface area contributed by atoms with Crippen molar-refractivity contribution in [2.24, 2.45) is 0 Å². The zero-order chi connectivity index (χ0) is 47.9. The van der Waals surface area contributed by atoms with Crippen LogP contribution < -0.4 is 0 Å². The van der Waals surface area contributed by atoms with Gasteiger partial charge in [-0.3, -0.25) is 40.5 Å². The van der Waals surface area contributed by atoms with Gasteiger partial charge in [-0.2, -0.15) is 0 Å². The summed E-state index contributed by atoms with van der Waals surface area (Å²) >= 11 is 0. The molecular weight excluding hydrogens is 768 g/mol. The highest BCUT2D eigenvalue weighted by Gasteiger charge is 1.95. The van der Waals surface area contributed by atoms with E-state index >= 15 is 0 Å². The maximum absolute atomic E-state index is 9.77. The summed E-state index contributed by atoms with van der Waals surface area (Å²) in [6, 6.07) is 0. The van der Waals surface area contributed by atoms with Gasteiger partial charge in [-0.15, -0.1) is 0 Å². The molecule has 19 heteroatoms. The highest BCUT2D eigenvalue weighted by Crippen LogP contribution is 1.99. The summed E-state index contributed by atoms with van der Waals surface area (Å²) in [5, 5.41) is 45.7. The van der Waals surface area contributed by atoms with E-state index in [0.717, 1.165) is 84.2 Å². The molecule has 0 unspecified atom stereocenters. The van der Waals surface area contributed by atoms with Crippen molar-refractivity contribution >= 4 is 33.7 Å². The first-order chi connectivity index (χ1) is 26.8. The van der Waals surface area contributed by atoms with Crippen LogP contribution in [-0.4, -0.2) is 120 Å². The van der Waals surface area contributed by atoms with Crippen molar-refractivity contribution in [1.29, 1.82) is 0 Å². The SMILES string of the molecule is CC.CC.CC.CC.CC.CCCCC.CCCCCC[N+](=O)[O-].CCCCCC[N+](=O)[O-].CCCCCC[N+](=O)[O-].CCC[N+](=O)[O-].CO.COC.COC.[B].[B].[B].[B]. The number of aliphatic hydroxyl groups is 1. The summed E-state index contributed by atoms with van der Waals surface area (Å²) in [6.45, 7) is 33.0. The standard InChI is InChI=1S/3C6H13NO2.C5H12.C3H7NO2.2C2H6O.5C2H6.CH4O.4B/c3*1-2-3-4-5-6-7(8)9;1-3-5-4-2;1-2-3-4(5)6;2*1-3-2;6*1-2;;;;/h3*2-6H2,1H3;3-5H2,1-2H3;2-3H2,1H3;2*1-2H3;5*1-2H3;2H,1H3;;;;. The van der Waals surface area contributed by atoms with Crippen LogP contribution in [0.2, 0.25) is 0 Å². The van der Waals surface area contributed by atoms with Crippen LogP contribution in [-0.2, 0) is 9.47 Å². The first-order valence-electron chi connectivity index (χ1n) is 21.5. The molecule has 0 saturated carbocycles. The summed E-state index contributed by atoms with van der Waals surface area (Å²) in [4.78, 5) is 37.6. The van der Waals surface area contributed by atoms with E-state index in [9.17, 15) is 40.5 Å². The average Bonchev–Trinajstić information content (AvgIpc) is 3.20. The molecule has 0 aliphatic carbocycles. The molecule has 1 N–H and O–H groups in total. The van der Waals surface area contributed by atoms with Crippen molar-refractivity contribution in [1.82, 2.24) is 0 Å². The van der Waals surface area contributed by atoms with Crippen LogP contribution in [0, 0.1) is 40.5 Å². The molecule has 0 aromatic rings. The Morgan fingerprint density at radius 3 is 0.533 bits per heavy atom. The van der Waals surface area contributed by atoms with E-state index in [1.165, 1.54) is 19.3 Å². The Kier molecular flexibility index (Phi) is 327. The Hall–Kier alpha value is -2.26. The smallest absolute Gasteiger partial charge is 0.203 e. The molecule has 0 spiro atoms. The lowest BCUT2D eigenvalue weighted by molar-refractivity contribution is -0.480. The van der Waals surface area contributed by atoms with Crippen LogP contribution in [0.25, 0.3) is 0 Å². The summed E-state index contributed by atoms with van der Waals surface area (Å²) in [5.74, 6) is 0. The normalized spacial score (nSPS) is 6.97. The van der Waals surface area contributed by atoms with Gasteiger partial charge < -0.3 is 14.6 Å². The van der Waals surface area contributed by atoms with Crippen LogP contribution in [0.1, 0.15) is 214 Å². The van der Waals surface area contributed by atoms with Gasteiger partial charge in [0.05, 0.1) is 0 Å². The first kappa shape index (κ1) is 112. The molecule has 0 bridgehead atoms. The van der Waals surface area contributed by atoms with Crippen molar-refractivity contribution < 1.29 is 34.3 Å². The van der Waals surface area contributed by atoms with Crippen molar-refractivity contribution in [3.63, 3.8) is 0 Å². The number of aliphatic hydroxyl groups excluding tert-OH is 1. The summed E-state index contributed by atoms with van der Waals surface area (Å²) in [5.41, 5.74) is 0. The number of hydrogen-bond donors (Lipinski definition) is 1. The van der Waals surface area contributed by atoms with Gasteiger partial charge in [0.2, 0.25) is 26.2 Å². The molecule has 0 atom stereocenters. The third kappa shape index (κ3) is 388. The van der Waals surface area contributed by atoms with Crippen molar-refractivity contribution in [3.05, 3.63) is 40.5 Å². The minimum Gasteiger partial charge on any atom is -0.400 e. The molecule has 0 aromatic carbocycles. The lowest BCUT2D eigenvalue weighted by Crippen LogP contribution is -1.99. The van der Waals surface area contributed by atoms with Gasteiger partial charge in [0.15, 0.2) is 0 Å². The molecule has 0 fully saturated rings. The molecule has 0 aromatic heterocycles. The first-order valence-corrected chi connectivity index (χ1v) is 21.5. The van der Waals surface area contributed by atoms with Crippen molar-refractivity contribution in [2.75, 3.05) is 61.7 Å². The van der Waals surface area contributed by atoms with E-state index < -0.39 is 0 Å². The number of ether oxygens (including phenoxy) is 2. The average molecular weight is 873 g/mol. The maximum Gasteiger partial charge on any atom is 0.203 e. The minimum absolute atomic E-state index is 0. The second-order valence-corrected chi connectivity index (χ2v) is 9.58. The zero-order valence-electron chi connectivity index (χ0n) is 43.8. The third-order valence-corrected chi connectivity index (χ3v) is 4.70. The highest BCUT2D eigenvalue weighted by atomic mass is 16.6. The largest absolute Gasteiger partial charge is 0.400 e. The summed E-state index contributed by atoms with van der Waals surface area (Å²) in [7, 11) is 7.50. The second kappa shape index (κ2) is 175. The Morgan fingerprint density at radius 2 is 0.467 bits per heavy atom. The van der Waals surface area contributed by atoms with E-state index in [1.54, 1.807) is 35.4 Å². The summed E-state index contributed by atoms with van der Waals surface area (Å²) in [6.07, 6.45) is 16.7. The van der Waals surface area contributed by atoms with E-state index in [4.69, 9.17) is 5.11 Å². The minimum atomic E-state index is -0.319. The van der Waals surface area contributed by atoms with Crippen LogP contribution in [0.3, 0.4) is 0 Å². The topological polar surface area (TPSA) is 211 Å². The molecule has 0 aliphatic heterocycles. The zero-order valence-corrected chi connectivity index (χ0v) is 43.8. The number of nitrogens with zero attached hydrogens (tertiary/aromatic N) is 4. The maximum atomic E-state index is 9.77. The number of methoxy groups -OCH3 is 2. The molecule has 60 heavy (non-hydrogen) atoms. The number of unbranched alkanes of at least 4 members (excludes halogenated alkanes) is 11. The van der Waals surface area contributed by atoms with Crippen molar-refractivity contribution in [3.8, 4) is 0 Å². The Balaban J connectivity index is -0.0000000232. The van der Waals surface area contributed by atoms with Crippen molar-refractivity contribution in [2.45, 2.75) is 214 Å². The van der Waals surface area contributed by atoms with E-state index in [-0.39, 0.29) is 79.5 Å². The predicted octanol–water partition coefficient (Wildman–Crippen LogP) is 12.1. The fourth-order valence-corrected chi connectivity index (χ4v) is 2.54. The van der Waals surface area contributed by atoms with Crippen LogP contribution >= 0.6 is 0 Å². The van der Waals surface area contributed by atoms with Gasteiger partial charge in [0, 0.05) is 115 Å². The third-order valence-electron chi connectivity index (χ3n) is 4.70. The lowest BCUT2D eigenvalue weighted by atomic mass is 10.2. The van der Waals surface area contributed by atoms with Crippen LogP contribution in [0.5, 0.6) is 0 Å². The Labute approximate surface area is 382 Å².